The number of carbonyl (C=O) groups excluding carboxylic acids is 1. The van der Waals surface area contributed by atoms with Crippen molar-refractivity contribution in [2.24, 2.45) is 0 Å². The maximum absolute atomic E-state index is 11.3. The summed E-state index contributed by atoms with van der Waals surface area (Å²) in [5.74, 6) is -0.00679. The van der Waals surface area contributed by atoms with Crippen molar-refractivity contribution < 1.29 is 4.79 Å². The van der Waals surface area contributed by atoms with Gasteiger partial charge >= 0.3 is 0 Å². The molecule has 100 valence electrons. The first kappa shape index (κ1) is 14.5. The molecule has 0 bridgehead atoms. The van der Waals surface area contributed by atoms with E-state index in [0.717, 1.165) is 12.2 Å². The molecule has 0 aliphatic carbocycles. The third-order valence-electron chi connectivity index (χ3n) is 3.37. The molecule has 0 atom stereocenters. The summed E-state index contributed by atoms with van der Waals surface area (Å²) in [6, 6.07) is 5.46. The minimum Gasteiger partial charge on any atom is -0.398 e. The number of Topliss-reactive ketones (excluding diaryl/α,β-unsaturated/α-hetero) is 1. The van der Waals surface area contributed by atoms with Crippen LogP contribution in [0.1, 0.15) is 31.1 Å². The largest absolute Gasteiger partial charge is 0.398 e. The Labute approximate surface area is 109 Å². The molecule has 4 nitrogen and oxygen atoms in total. The van der Waals surface area contributed by atoms with Gasteiger partial charge in [0.15, 0.2) is 5.78 Å². The van der Waals surface area contributed by atoms with E-state index in [1.807, 2.05) is 12.1 Å². The summed E-state index contributed by atoms with van der Waals surface area (Å²) in [6.07, 6.45) is 0. The summed E-state index contributed by atoms with van der Waals surface area (Å²) in [5.41, 5.74) is 7.94. The number of likely N-dealkylation sites (N-methyl/N-ethyl adjacent to an activating group) is 1. The second kappa shape index (κ2) is 5.40. The van der Waals surface area contributed by atoms with Crippen LogP contribution in [0.4, 0.5) is 11.4 Å². The molecule has 1 aromatic rings. The molecule has 0 amide bonds. The molecule has 4 heteroatoms. The van der Waals surface area contributed by atoms with Gasteiger partial charge < -0.3 is 16.0 Å². The van der Waals surface area contributed by atoms with Gasteiger partial charge in [0.2, 0.25) is 0 Å². The molecule has 0 aliphatic rings. The van der Waals surface area contributed by atoms with Crippen molar-refractivity contribution in [1.82, 2.24) is 4.90 Å². The van der Waals surface area contributed by atoms with E-state index in [-0.39, 0.29) is 11.3 Å². The van der Waals surface area contributed by atoms with Crippen LogP contribution in [0, 0.1) is 0 Å². The average Bonchev–Trinajstić information content (AvgIpc) is 2.25. The van der Waals surface area contributed by atoms with E-state index in [2.05, 4.69) is 38.2 Å². The van der Waals surface area contributed by atoms with Crippen LogP contribution in [-0.2, 0) is 0 Å². The predicted molar refractivity (Wildman–Crippen MR) is 77.1 cm³/mol. The van der Waals surface area contributed by atoms with E-state index >= 15 is 0 Å². The van der Waals surface area contributed by atoms with Crippen LogP contribution in [-0.4, -0.2) is 36.9 Å². The maximum Gasteiger partial charge on any atom is 0.161 e. The van der Waals surface area contributed by atoms with Gasteiger partial charge in [0, 0.05) is 29.0 Å². The summed E-state index contributed by atoms with van der Waals surface area (Å²) in [4.78, 5) is 13.4. The van der Waals surface area contributed by atoms with Crippen molar-refractivity contribution in [3.8, 4) is 0 Å². The van der Waals surface area contributed by atoms with E-state index in [1.165, 1.54) is 6.92 Å². The molecule has 0 radical (unpaired) electrons. The molecular formula is C14H23N3O. The molecule has 0 unspecified atom stereocenters. The third-order valence-corrected chi connectivity index (χ3v) is 3.37. The molecule has 1 rings (SSSR count). The summed E-state index contributed by atoms with van der Waals surface area (Å²) < 4.78 is 0. The van der Waals surface area contributed by atoms with Crippen LogP contribution in [0.5, 0.6) is 0 Å². The van der Waals surface area contributed by atoms with Crippen molar-refractivity contribution in [3.05, 3.63) is 23.8 Å². The number of carbonyl (C=O) groups is 1. The number of hydrogen-bond donors (Lipinski definition) is 2. The highest BCUT2D eigenvalue weighted by molar-refractivity contribution is 5.99. The van der Waals surface area contributed by atoms with Crippen LogP contribution in [0.3, 0.4) is 0 Å². The molecule has 0 saturated carbocycles. The predicted octanol–water partition coefficient (Wildman–Crippen LogP) is 2.22. The molecule has 0 fully saturated rings. The monoisotopic (exact) mass is 249 g/mol. The molecule has 0 saturated heterocycles. The zero-order chi connectivity index (χ0) is 13.9. The molecule has 1 aromatic carbocycles. The van der Waals surface area contributed by atoms with Gasteiger partial charge in [-0.2, -0.15) is 0 Å². The van der Waals surface area contributed by atoms with Crippen molar-refractivity contribution >= 4 is 17.2 Å². The Hall–Kier alpha value is -1.55. The van der Waals surface area contributed by atoms with Gasteiger partial charge in [-0.15, -0.1) is 0 Å². The third kappa shape index (κ3) is 3.47. The van der Waals surface area contributed by atoms with Crippen molar-refractivity contribution in [2.75, 3.05) is 31.7 Å². The maximum atomic E-state index is 11.3. The number of anilines is 2. The lowest BCUT2D eigenvalue weighted by molar-refractivity contribution is 0.101. The van der Waals surface area contributed by atoms with E-state index < -0.39 is 0 Å². The Bertz CT molecular complexity index is 439. The first-order chi connectivity index (χ1) is 8.24. The summed E-state index contributed by atoms with van der Waals surface area (Å²) in [5, 5.41) is 3.34. The van der Waals surface area contributed by atoms with Crippen LogP contribution in [0.15, 0.2) is 18.2 Å². The number of ketones is 1. The Balaban J connectivity index is 2.76. The highest BCUT2D eigenvalue weighted by Gasteiger charge is 2.19. The first-order valence-corrected chi connectivity index (χ1v) is 6.06. The number of nitrogens with two attached hydrogens (primary N) is 1. The fourth-order valence-electron chi connectivity index (χ4n) is 1.47. The van der Waals surface area contributed by atoms with E-state index in [4.69, 9.17) is 5.73 Å². The summed E-state index contributed by atoms with van der Waals surface area (Å²) in [6.45, 7) is 6.65. The molecule has 0 aliphatic heterocycles. The van der Waals surface area contributed by atoms with Gasteiger partial charge in [0.1, 0.15) is 0 Å². The smallest absolute Gasteiger partial charge is 0.161 e. The van der Waals surface area contributed by atoms with Crippen LogP contribution in [0.2, 0.25) is 0 Å². The van der Waals surface area contributed by atoms with Crippen LogP contribution >= 0.6 is 0 Å². The minimum atomic E-state index is -0.00679. The standard InChI is InChI=1S/C14H23N3O/c1-10(18)12-7-6-11(8-13(12)15)16-9-14(2,3)17(4)5/h6-8,16H,9,15H2,1-5H3. The topological polar surface area (TPSA) is 58.4 Å². The fourth-order valence-corrected chi connectivity index (χ4v) is 1.47. The molecule has 0 heterocycles. The number of benzene rings is 1. The van der Waals surface area contributed by atoms with Crippen molar-refractivity contribution in [3.63, 3.8) is 0 Å². The summed E-state index contributed by atoms with van der Waals surface area (Å²) in [7, 11) is 4.10. The number of nitrogens with zero attached hydrogens (tertiary/aromatic N) is 1. The average molecular weight is 249 g/mol. The van der Waals surface area contributed by atoms with Crippen LogP contribution in [0.25, 0.3) is 0 Å². The lowest BCUT2D eigenvalue weighted by atomic mass is 10.0. The molecule has 0 aromatic heterocycles. The molecular weight excluding hydrogens is 226 g/mol. The first-order valence-electron chi connectivity index (χ1n) is 6.06. The van der Waals surface area contributed by atoms with E-state index in [1.54, 1.807) is 6.07 Å². The van der Waals surface area contributed by atoms with Crippen molar-refractivity contribution in [2.45, 2.75) is 26.3 Å². The Morgan fingerprint density at radius 3 is 2.44 bits per heavy atom. The molecule has 0 spiro atoms. The second-order valence-electron chi connectivity index (χ2n) is 5.42. The van der Waals surface area contributed by atoms with Gasteiger partial charge in [0.25, 0.3) is 0 Å². The number of nitrogens with one attached hydrogen (secondary N) is 1. The highest BCUT2D eigenvalue weighted by Crippen LogP contribution is 2.20. The van der Waals surface area contributed by atoms with Gasteiger partial charge in [-0.1, -0.05) is 0 Å². The van der Waals surface area contributed by atoms with Crippen LogP contribution < -0.4 is 11.1 Å². The van der Waals surface area contributed by atoms with Gasteiger partial charge in [-0.3, -0.25) is 4.79 Å². The second-order valence-corrected chi connectivity index (χ2v) is 5.42. The van der Waals surface area contributed by atoms with Gasteiger partial charge in [0.05, 0.1) is 0 Å². The van der Waals surface area contributed by atoms with Crippen molar-refractivity contribution in [1.29, 1.82) is 0 Å². The Kier molecular flexibility index (Phi) is 4.35. The quantitative estimate of drug-likeness (QED) is 0.620. The normalized spacial score (nSPS) is 11.7. The summed E-state index contributed by atoms with van der Waals surface area (Å²) >= 11 is 0. The lowest BCUT2D eigenvalue weighted by Crippen LogP contribution is -2.44. The lowest BCUT2D eigenvalue weighted by Gasteiger charge is -2.33. The zero-order valence-corrected chi connectivity index (χ0v) is 11.9. The van der Waals surface area contributed by atoms with E-state index in [0.29, 0.717) is 11.3 Å². The number of hydrogen-bond acceptors (Lipinski definition) is 4. The van der Waals surface area contributed by atoms with Gasteiger partial charge in [-0.05, 0) is 53.1 Å². The fraction of sp³-hybridized carbons (Fsp3) is 0.500. The zero-order valence-electron chi connectivity index (χ0n) is 11.9. The van der Waals surface area contributed by atoms with Gasteiger partial charge in [-0.25, -0.2) is 0 Å². The molecule has 18 heavy (non-hydrogen) atoms. The number of nitrogen functional groups attached to an aromatic ring is 1. The Morgan fingerprint density at radius 1 is 1.39 bits per heavy atom. The highest BCUT2D eigenvalue weighted by atomic mass is 16.1. The minimum absolute atomic E-state index is 0.00679. The SMILES string of the molecule is CC(=O)c1ccc(NCC(C)(C)N(C)C)cc1N. The number of rotatable bonds is 5. The van der Waals surface area contributed by atoms with E-state index in [9.17, 15) is 4.79 Å². The Morgan fingerprint density at radius 2 is 2.00 bits per heavy atom. The molecule has 3 N–H and O–H groups in total.